The Labute approximate surface area is 127 Å². The van der Waals surface area contributed by atoms with Gasteiger partial charge < -0.3 is 15.2 Å². The number of amides is 1. The quantitative estimate of drug-likeness (QED) is 0.888. The summed E-state index contributed by atoms with van der Waals surface area (Å²) in [6.45, 7) is 4.30. The number of hydrogen-bond acceptors (Lipinski definition) is 5. The summed E-state index contributed by atoms with van der Waals surface area (Å²) in [5.74, 6) is 1.11. The molecule has 6 nitrogen and oxygen atoms in total. The zero-order chi connectivity index (χ0) is 15.4. The monoisotopic (exact) mass is 308 g/mol. The Morgan fingerprint density at radius 1 is 1.43 bits per heavy atom. The minimum absolute atomic E-state index is 0.179. The van der Waals surface area contributed by atoms with E-state index in [1.807, 2.05) is 13.8 Å². The third kappa shape index (κ3) is 3.72. The molecule has 2 N–H and O–H groups in total. The minimum Gasteiger partial charge on any atom is -0.377 e. The van der Waals surface area contributed by atoms with E-state index in [4.69, 9.17) is 16.1 Å². The van der Waals surface area contributed by atoms with E-state index in [9.17, 15) is 4.79 Å². The molecule has 0 radical (unpaired) electrons. The third-order valence-electron chi connectivity index (χ3n) is 2.87. The summed E-state index contributed by atoms with van der Waals surface area (Å²) in [5.41, 5.74) is 1.13. The molecule has 0 unspecified atom stereocenters. The van der Waals surface area contributed by atoms with E-state index in [1.54, 1.807) is 25.2 Å². The normalized spacial score (nSPS) is 10.7. The summed E-state index contributed by atoms with van der Waals surface area (Å²) in [5, 5.41) is 10.1. The van der Waals surface area contributed by atoms with Gasteiger partial charge in [0, 0.05) is 23.7 Å². The van der Waals surface area contributed by atoms with Gasteiger partial charge in [-0.3, -0.25) is 4.79 Å². The zero-order valence-corrected chi connectivity index (χ0v) is 12.9. The summed E-state index contributed by atoms with van der Waals surface area (Å²) in [7, 11) is 1.58. The number of hydrogen-bond donors (Lipinski definition) is 2. The molecular weight excluding hydrogens is 292 g/mol. The van der Waals surface area contributed by atoms with Crippen molar-refractivity contribution in [3.05, 3.63) is 40.5 Å². The lowest BCUT2D eigenvalue weighted by Gasteiger charge is -2.10. The van der Waals surface area contributed by atoms with Crippen molar-refractivity contribution in [2.24, 2.45) is 0 Å². The van der Waals surface area contributed by atoms with Gasteiger partial charge in [0.1, 0.15) is 0 Å². The van der Waals surface area contributed by atoms with Gasteiger partial charge in [-0.15, -0.1) is 0 Å². The Bertz CT molecular complexity index is 640. The van der Waals surface area contributed by atoms with Crippen LogP contribution >= 0.6 is 11.6 Å². The lowest BCUT2D eigenvalue weighted by molar-refractivity contribution is 0.0964. The van der Waals surface area contributed by atoms with E-state index in [2.05, 4.69) is 20.8 Å². The number of nitrogens with zero attached hydrogens (tertiary/aromatic N) is 2. The van der Waals surface area contributed by atoms with Gasteiger partial charge in [0.15, 0.2) is 5.82 Å². The molecule has 0 saturated carbocycles. The van der Waals surface area contributed by atoms with Gasteiger partial charge in [-0.05, 0) is 18.2 Å². The van der Waals surface area contributed by atoms with E-state index in [0.29, 0.717) is 34.5 Å². The van der Waals surface area contributed by atoms with Crippen molar-refractivity contribution < 1.29 is 9.32 Å². The number of aromatic nitrogens is 2. The van der Waals surface area contributed by atoms with Crippen molar-refractivity contribution in [2.45, 2.75) is 26.3 Å². The van der Waals surface area contributed by atoms with E-state index < -0.39 is 0 Å². The highest BCUT2D eigenvalue weighted by atomic mass is 35.5. The van der Waals surface area contributed by atoms with Gasteiger partial charge >= 0.3 is 0 Å². The number of benzene rings is 1. The van der Waals surface area contributed by atoms with Crippen LogP contribution in [0, 0.1) is 0 Å². The molecule has 0 spiro atoms. The van der Waals surface area contributed by atoms with Gasteiger partial charge in [0.05, 0.1) is 12.1 Å². The smallest absolute Gasteiger partial charge is 0.253 e. The van der Waals surface area contributed by atoms with Gasteiger partial charge in [0.2, 0.25) is 5.89 Å². The van der Waals surface area contributed by atoms with Crippen molar-refractivity contribution in [1.82, 2.24) is 15.5 Å². The Morgan fingerprint density at radius 2 is 2.19 bits per heavy atom. The van der Waals surface area contributed by atoms with Gasteiger partial charge in [0.25, 0.3) is 5.91 Å². The van der Waals surface area contributed by atoms with E-state index in [1.165, 1.54) is 0 Å². The van der Waals surface area contributed by atoms with E-state index in [0.717, 1.165) is 0 Å². The fourth-order valence-electron chi connectivity index (χ4n) is 1.74. The SMILES string of the molecule is CNC(=O)c1ccc(Cl)cc1NCc1noc(C(C)C)n1. The number of carbonyl (C=O) groups excluding carboxylic acids is 1. The maximum atomic E-state index is 11.8. The van der Waals surface area contributed by atoms with Crippen LogP contribution in [0.3, 0.4) is 0 Å². The molecule has 0 aliphatic rings. The number of halogens is 1. The summed E-state index contributed by atoms with van der Waals surface area (Å²) >= 11 is 5.97. The first-order valence-corrected chi connectivity index (χ1v) is 6.97. The molecule has 7 heteroatoms. The number of nitrogens with one attached hydrogen (secondary N) is 2. The number of anilines is 1. The van der Waals surface area contributed by atoms with Crippen LogP contribution in [-0.2, 0) is 6.54 Å². The van der Waals surface area contributed by atoms with Crippen molar-refractivity contribution in [1.29, 1.82) is 0 Å². The molecule has 1 aromatic heterocycles. The van der Waals surface area contributed by atoms with Crippen LogP contribution in [0.5, 0.6) is 0 Å². The standard InChI is InChI=1S/C14H17ClN4O2/c1-8(2)14-18-12(19-21-14)7-17-11-6-9(15)4-5-10(11)13(20)16-3/h4-6,8,17H,7H2,1-3H3,(H,16,20). The highest BCUT2D eigenvalue weighted by Crippen LogP contribution is 2.22. The summed E-state index contributed by atoms with van der Waals surface area (Å²) in [6.07, 6.45) is 0. The summed E-state index contributed by atoms with van der Waals surface area (Å²) in [6, 6.07) is 5.03. The number of carbonyl (C=O) groups is 1. The highest BCUT2D eigenvalue weighted by molar-refractivity contribution is 6.31. The molecule has 0 atom stereocenters. The molecule has 1 heterocycles. The molecule has 0 bridgehead atoms. The lowest BCUT2D eigenvalue weighted by atomic mass is 10.1. The van der Waals surface area contributed by atoms with Crippen molar-refractivity contribution in [3.63, 3.8) is 0 Å². The first kappa shape index (κ1) is 15.3. The Balaban J connectivity index is 2.14. The first-order valence-electron chi connectivity index (χ1n) is 6.59. The Hall–Kier alpha value is -2.08. The van der Waals surface area contributed by atoms with Gasteiger partial charge in [-0.25, -0.2) is 0 Å². The fraction of sp³-hybridized carbons (Fsp3) is 0.357. The zero-order valence-electron chi connectivity index (χ0n) is 12.1. The molecule has 0 aliphatic heterocycles. The average molecular weight is 309 g/mol. The van der Waals surface area contributed by atoms with E-state index >= 15 is 0 Å². The van der Waals surface area contributed by atoms with Gasteiger partial charge in [-0.2, -0.15) is 4.98 Å². The largest absolute Gasteiger partial charge is 0.377 e. The van der Waals surface area contributed by atoms with Crippen LogP contribution in [0.25, 0.3) is 0 Å². The average Bonchev–Trinajstić information content (AvgIpc) is 2.93. The van der Waals surface area contributed by atoms with Crippen molar-refractivity contribution in [2.75, 3.05) is 12.4 Å². The van der Waals surface area contributed by atoms with Crippen molar-refractivity contribution in [3.8, 4) is 0 Å². The summed E-state index contributed by atoms with van der Waals surface area (Å²) in [4.78, 5) is 16.1. The minimum atomic E-state index is -0.190. The molecule has 0 aliphatic carbocycles. The third-order valence-corrected chi connectivity index (χ3v) is 3.10. The topological polar surface area (TPSA) is 80.0 Å². The summed E-state index contributed by atoms with van der Waals surface area (Å²) < 4.78 is 5.13. The lowest BCUT2D eigenvalue weighted by Crippen LogP contribution is -2.19. The van der Waals surface area contributed by atoms with E-state index in [-0.39, 0.29) is 11.8 Å². The van der Waals surface area contributed by atoms with Crippen LogP contribution in [0.4, 0.5) is 5.69 Å². The molecule has 21 heavy (non-hydrogen) atoms. The molecule has 0 saturated heterocycles. The highest BCUT2D eigenvalue weighted by Gasteiger charge is 2.13. The second kappa shape index (κ2) is 6.58. The Kier molecular flexibility index (Phi) is 4.80. The first-order chi connectivity index (χ1) is 10.0. The molecule has 0 fully saturated rings. The van der Waals surface area contributed by atoms with Crippen LogP contribution in [0.2, 0.25) is 5.02 Å². The van der Waals surface area contributed by atoms with Crippen LogP contribution in [0.15, 0.2) is 22.7 Å². The molecular formula is C14H17ClN4O2. The fourth-order valence-corrected chi connectivity index (χ4v) is 1.92. The maximum absolute atomic E-state index is 11.8. The van der Waals surface area contributed by atoms with Crippen LogP contribution in [0.1, 0.15) is 41.8 Å². The number of rotatable bonds is 5. The molecule has 1 aromatic carbocycles. The molecule has 112 valence electrons. The van der Waals surface area contributed by atoms with Crippen molar-refractivity contribution >= 4 is 23.2 Å². The van der Waals surface area contributed by atoms with Gasteiger partial charge in [-0.1, -0.05) is 30.6 Å². The predicted molar refractivity (Wildman–Crippen MR) is 80.6 cm³/mol. The predicted octanol–water partition coefficient (Wildman–Crippen LogP) is 2.82. The second-order valence-electron chi connectivity index (χ2n) is 4.83. The molecule has 2 rings (SSSR count). The Morgan fingerprint density at radius 3 is 2.81 bits per heavy atom. The second-order valence-corrected chi connectivity index (χ2v) is 5.26. The molecule has 1 amide bonds. The maximum Gasteiger partial charge on any atom is 0.253 e. The van der Waals surface area contributed by atoms with Crippen LogP contribution in [-0.4, -0.2) is 23.1 Å². The molecule has 2 aromatic rings. The van der Waals surface area contributed by atoms with Crippen LogP contribution < -0.4 is 10.6 Å².